The van der Waals surface area contributed by atoms with Gasteiger partial charge in [-0.25, -0.2) is 13.2 Å². The highest BCUT2D eigenvalue weighted by Gasteiger charge is 2.17. The minimum atomic E-state index is -1.23. The second kappa shape index (κ2) is 5.24. The van der Waals surface area contributed by atoms with Crippen LogP contribution in [0.3, 0.4) is 0 Å². The van der Waals surface area contributed by atoms with E-state index in [1.165, 1.54) is 12.1 Å². The average molecular weight is 281 g/mol. The van der Waals surface area contributed by atoms with Gasteiger partial charge in [-0.05, 0) is 19.1 Å². The van der Waals surface area contributed by atoms with E-state index in [2.05, 4.69) is 0 Å². The van der Waals surface area contributed by atoms with Gasteiger partial charge in [0.05, 0.1) is 5.56 Å². The van der Waals surface area contributed by atoms with E-state index in [1.54, 1.807) is 13.0 Å². The zero-order chi connectivity index (χ0) is 14.9. The number of nitrogens with one attached hydrogen (secondary N) is 1. The first-order valence-electron chi connectivity index (χ1n) is 5.64. The second-order valence-corrected chi connectivity index (χ2v) is 4.22. The van der Waals surface area contributed by atoms with Crippen LogP contribution in [0.5, 0.6) is 5.75 Å². The lowest BCUT2D eigenvalue weighted by Crippen LogP contribution is -2.15. The second-order valence-electron chi connectivity index (χ2n) is 4.22. The van der Waals surface area contributed by atoms with E-state index in [1.807, 2.05) is 5.32 Å². The summed E-state index contributed by atoms with van der Waals surface area (Å²) in [7, 11) is 0. The average Bonchev–Trinajstić information content (AvgIpc) is 2.36. The number of hydrogen-bond donors (Lipinski definition) is 2. The number of phenols is 1. The van der Waals surface area contributed by atoms with Crippen LogP contribution >= 0.6 is 0 Å². The number of carbonyl (C=O) groups is 1. The van der Waals surface area contributed by atoms with Crippen molar-refractivity contribution in [3.05, 3.63) is 58.9 Å². The topological polar surface area (TPSA) is 49.3 Å². The normalized spacial score (nSPS) is 10.4. The maximum atomic E-state index is 13.4. The predicted octanol–water partition coefficient (Wildman–Crippen LogP) is 3.37. The Balaban J connectivity index is 2.35. The largest absolute Gasteiger partial charge is 0.507 e. The number of rotatable bonds is 2. The van der Waals surface area contributed by atoms with Crippen molar-refractivity contribution in [2.75, 3.05) is 5.32 Å². The molecule has 0 fully saturated rings. The van der Waals surface area contributed by atoms with Gasteiger partial charge in [0.2, 0.25) is 0 Å². The molecule has 0 aliphatic heterocycles. The first kappa shape index (κ1) is 13.9. The van der Waals surface area contributed by atoms with E-state index >= 15 is 0 Å². The molecule has 0 unspecified atom stereocenters. The first-order valence-corrected chi connectivity index (χ1v) is 5.64. The minimum absolute atomic E-state index is 0.131. The zero-order valence-corrected chi connectivity index (χ0v) is 10.4. The van der Waals surface area contributed by atoms with Gasteiger partial charge in [0.25, 0.3) is 5.91 Å². The highest BCUT2D eigenvalue weighted by Crippen LogP contribution is 2.23. The fraction of sp³-hybridized carbons (Fsp3) is 0.0714. The number of amides is 1. The van der Waals surface area contributed by atoms with Crippen LogP contribution in [0.15, 0.2) is 30.3 Å². The van der Waals surface area contributed by atoms with Crippen molar-refractivity contribution in [1.82, 2.24) is 0 Å². The third-order valence-corrected chi connectivity index (χ3v) is 2.64. The molecule has 3 nitrogen and oxygen atoms in total. The third kappa shape index (κ3) is 2.74. The van der Waals surface area contributed by atoms with Crippen molar-refractivity contribution < 1.29 is 23.1 Å². The van der Waals surface area contributed by atoms with Crippen LogP contribution in [0.2, 0.25) is 0 Å². The molecular weight excluding hydrogens is 271 g/mol. The van der Waals surface area contributed by atoms with Crippen LogP contribution in [0.4, 0.5) is 18.9 Å². The summed E-state index contributed by atoms with van der Waals surface area (Å²) in [5.74, 6) is -4.77. The summed E-state index contributed by atoms with van der Waals surface area (Å²) >= 11 is 0. The standard InChI is InChI=1S/C14H10F3NO2/c1-7-2-3-12(19)9(4-7)14(20)18-13-10(16)5-8(15)6-11(13)17/h2-6,19H,1H3,(H,18,20). The SMILES string of the molecule is Cc1ccc(O)c(C(=O)Nc2c(F)cc(F)cc2F)c1. The molecule has 2 aromatic rings. The summed E-state index contributed by atoms with van der Waals surface area (Å²) < 4.78 is 39.6. The quantitative estimate of drug-likeness (QED) is 0.886. The highest BCUT2D eigenvalue weighted by molar-refractivity contribution is 6.06. The number of aromatic hydroxyl groups is 1. The predicted molar refractivity (Wildman–Crippen MR) is 67.1 cm³/mol. The lowest BCUT2D eigenvalue weighted by atomic mass is 10.1. The molecule has 104 valence electrons. The third-order valence-electron chi connectivity index (χ3n) is 2.64. The van der Waals surface area contributed by atoms with Crippen molar-refractivity contribution >= 4 is 11.6 Å². The van der Waals surface area contributed by atoms with Gasteiger partial charge in [0.15, 0.2) is 11.6 Å². The van der Waals surface area contributed by atoms with Crippen LogP contribution in [0, 0.1) is 24.4 Å². The van der Waals surface area contributed by atoms with Gasteiger partial charge >= 0.3 is 0 Å². The number of hydrogen-bond acceptors (Lipinski definition) is 2. The van der Waals surface area contributed by atoms with Crippen molar-refractivity contribution in [3.63, 3.8) is 0 Å². The summed E-state index contributed by atoms with van der Waals surface area (Å²) in [6.07, 6.45) is 0. The number of halogens is 3. The molecule has 6 heteroatoms. The molecule has 0 aliphatic carbocycles. The van der Waals surface area contributed by atoms with Gasteiger partial charge in [0, 0.05) is 12.1 Å². The fourth-order valence-electron chi connectivity index (χ4n) is 1.67. The van der Waals surface area contributed by atoms with Crippen molar-refractivity contribution in [3.8, 4) is 5.75 Å². The number of aryl methyl sites for hydroxylation is 1. The summed E-state index contributed by atoms with van der Waals surface area (Å²) in [6.45, 7) is 1.69. The maximum Gasteiger partial charge on any atom is 0.259 e. The van der Waals surface area contributed by atoms with Gasteiger partial charge < -0.3 is 10.4 Å². The summed E-state index contributed by atoms with van der Waals surface area (Å²) in [4.78, 5) is 11.9. The van der Waals surface area contributed by atoms with Crippen LogP contribution in [0.25, 0.3) is 0 Å². The molecule has 0 aliphatic rings. The lowest BCUT2D eigenvalue weighted by molar-refractivity contribution is 0.102. The Hall–Kier alpha value is -2.50. The number of carbonyl (C=O) groups excluding carboxylic acids is 1. The summed E-state index contributed by atoms with van der Waals surface area (Å²) in [6, 6.07) is 5.14. The first-order chi connectivity index (χ1) is 9.38. The van der Waals surface area contributed by atoms with Crippen molar-refractivity contribution in [2.45, 2.75) is 6.92 Å². The number of anilines is 1. The Morgan fingerprint density at radius 2 is 1.70 bits per heavy atom. The Labute approximate surface area is 112 Å². The van der Waals surface area contributed by atoms with E-state index in [-0.39, 0.29) is 11.3 Å². The summed E-state index contributed by atoms with van der Waals surface area (Å²) in [5, 5.41) is 11.5. The van der Waals surface area contributed by atoms with Gasteiger partial charge in [-0.3, -0.25) is 4.79 Å². The van der Waals surface area contributed by atoms with Gasteiger partial charge in [-0.1, -0.05) is 11.6 Å². The molecule has 1 amide bonds. The van der Waals surface area contributed by atoms with E-state index in [9.17, 15) is 23.1 Å². The molecule has 2 rings (SSSR count). The lowest BCUT2D eigenvalue weighted by Gasteiger charge is -2.09. The number of benzene rings is 2. The smallest absolute Gasteiger partial charge is 0.259 e. The monoisotopic (exact) mass is 281 g/mol. The minimum Gasteiger partial charge on any atom is -0.507 e. The van der Waals surface area contributed by atoms with Crippen LogP contribution in [-0.4, -0.2) is 11.0 Å². The van der Waals surface area contributed by atoms with Crippen LogP contribution < -0.4 is 5.32 Å². The molecule has 0 bridgehead atoms. The molecule has 2 N–H and O–H groups in total. The van der Waals surface area contributed by atoms with E-state index in [0.29, 0.717) is 17.7 Å². The molecule has 20 heavy (non-hydrogen) atoms. The van der Waals surface area contributed by atoms with Crippen molar-refractivity contribution in [2.24, 2.45) is 0 Å². The zero-order valence-electron chi connectivity index (χ0n) is 10.4. The fourth-order valence-corrected chi connectivity index (χ4v) is 1.67. The van der Waals surface area contributed by atoms with E-state index < -0.39 is 29.0 Å². The van der Waals surface area contributed by atoms with Gasteiger partial charge in [-0.15, -0.1) is 0 Å². The van der Waals surface area contributed by atoms with Crippen molar-refractivity contribution in [1.29, 1.82) is 0 Å². The van der Waals surface area contributed by atoms with Gasteiger partial charge in [-0.2, -0.15) is 0 Å². The highest BCUT2D eigenvalue weighted by atomic mass is 19.1. The van der Waals surface area contributed by atoms with Crippen LogP contribution in [-0.2, 0) is 0 Å². The summed E-state index contributed by atoms with van der Waals surface area (Å²) in [5.41, 5.74) is -0.210. The molecular formula is C14H10F3NO2. The molecule has 0 radical (unpaired) electrons. The Kier molecular flexibility index (Phi) is 3.65. The number of phenolic OH excluding ortho intramolecular Hbond substituents is 1. The molecule has 0 saturated heterocycles. The van der Waals surface area contributed by atoms with Crippen LogP contribution in [0.1, 0.15) is 15.9 Å². The van der Waals surface area contributed by atoms with Gasteiger partial charge in [0.1, 0.15) is 17.3 Å². The molecule has 0 aromatic heterocycles. The molecule has 0 heterocycles. The Morgan fingerprint density at radius 1 is 1.10 bits per heavy atom. The molecule has 0 atom stereocenters. The molecule has 2 aromatic carbocycles. The van der Waals surface area contributed by atoms with E-state index in [4.69, 9.17) is 0 Å². The Morgan fingerprint density at radius 3 is 2.30 bits per heavy atom. The van der Waals surface area contributed by atoms with E-state index in [0.717, 1.165) is 0 Å². The molecule has 0 saturated carbocycles. The maximum absolute atomic E-state index is 13.4. The Bertz CT molecular complexity index is 663. The molecule has 0 spiro atoms.